The summed E-state index contributed by atoms with van der Waals surface area (Å²) in [6, 6.07) is 0. The first-order chi connectivity index (χ1) is 8.29. The zero-order valence-corrected chi connectivity index (χ0v) is 11.2. The average Bonchev–Trinajstić information content (AvgIpc) is 2.85. The Kier molecular flexibility index (Phi) is 4.84. The fourth-order valence-corrected chi connectivity index (χ4v) is 2.57. The highest BCUT2D eigenvalue weighted by Gasteiger charge is 2.17. The molecule has 2 rings (SSSR count). The molecule has 0 bridgehead atoms. The van der Waals surface area contributed by atoms with Crippen LogP contribution in [0, 0.1) is 5.92 Å². The maximum absolute atomic E-state index is 6.07. The number of rotatable bonds is 5. The van der Waals surface area contributed by atoms with Crippen LogP contribution >= 0.6 is 11.6 Å². The molecule has 1 aliphatic carbocycles. The van der Waals surface area contributed by atoms with Crippen molar-refractivity contribution in [2.45, 2.75) is 63.7 Å². The van der Waals surface area contributed by atoms with Gasteiger partial charge in [-0.1, -0.05) is 44.2 Å². The van der Waals surface area contributed by atoms with Crippen molar-refractivity contribution in [2.75, 3.05) is 0 Å². The van der Waals surface area contributed by atoms with E-state index in [0.717, 1.165) is 24.7 Å². The number of nitrogens with zero attached hydrogens (tertiary/aromatic N) is 2. The van der Waals surface area contributed by atoms with E-state index in [4.69, 9.17) is 16.1 Å². The molecule has 17 heavy (non-hydrogen) atoms. The molecule has 1 heterocycles. The fraction of sp³-hybridized carbons (Fsp3) is 0.846. The Morgan fingerprint density at radius 1 is 1.35 bits per heavy atom. The van der Waals surface area contributed by atoms with E-state index in [1.807, 2.05) is 6.92 Å². The maximum Gasteiger partial charge on any atom is 0.226 e. The Bertz CT molecular complexity index is 334. The lowest BCUT2D eigenvalue weighted by molar-refractivity contribution is 0.314. The van der Waals surface area contributed by atoms with E-state index in [9.17, 15) is 0 Å². The quantitative estimate of drug-likeness (QED) is 0.739. The molecule has 4 heteroatoms. The molecular weight excluding hydrogens is 236 g/mol. The summed E-state index contributed by atoms with van der Waals surface area (Å²) in [5, 5.41) is 3.82. The van der Waals surface area contributed by atoms with Crippen molar-refractivity contribution >= 4 is 11.6 Å². The van der Waals surface area contributed by atoms with Crippen LogP contribution in [0.5, 0.6) is 0 Å². The molecule has 0 amide bonds. The average molecular weight is 257 g/mol. The first kappa shape index (κ1) is 12.9. The molecule has 0 radical (unpaired) electrons. The van der Waals surface area contributed by atoms with E-state index >= 15 is 0 Å². The zero-order valence-electron chi connectivity index (χ0n) is 10.5. The van der Waals surface area contributed by atoms with Crippen LogP contribution in [0.3, 0.4) is 0 Å². The summed E-state index contributed by atoms with van der Waals surface area (Å²) in [6.45, 7) is 2.02. The van der Waals surface area contributed by atoms with Gasteiger partial charge in [-0.25, -0.2) is 0 Å². The van der Waals surface area contributed by atoms with E-state index < -0.39 is 0 Å². The van der Waals surface area contributed by atoms with Crippen molar-refractivity contribution in [3.05, 3.63) is 11.7 Å². The lowest BCUT2D eigenvalue weighted by atomic mass is 9.86. The summed E-state index contributed by atoms with van der Waals surface area (Å²) in [5.41, 5.74) is 0. The Morgan fingerprint density at radius 3 is 2.82 bits per heavy atom. The highest BCUT2D eigenvalue weighted by atomic mass is 35.5. The lowest BCUT2D eigenvalue weighted by Crippen LogP contribution is -2.07. The predicted molar refractivity (Wildman–Crippen MR) is 68.1 cm³/mol. The van der Waals surface area contributed by atoms with Gasteiger partial charge in [0.1, 0.15) is 0 Å². The molecule has 0 aliphatic heterocycles. The van der Waals surface area contributed by atoms with E-state index in [1.54, 1.807) is 0 Å². The van der Waals surface area contributed by atoms with Crippen LogP contribution in [-0.2, 0) is 6.42 Å². The third-order valence-corrected chi connectivity index (χ3v) is 4.12. The number of alkyl halides is 1. The molecule has 0 aromatic carbocycles. The molecule has 1 fully saturated rings. The minimum absolute atomic E-state index is 0.109. The highest BCUT2D eigenvalue weighted by Crippen LogP contribution is 2.27. The second-order valence-corrected chi connectivity index (χ2v) is 5.49. The molecule has 1 aromatic heterocycles. The van der Waals surface area contributed by atoms with E-state index in [1.165, 1.54) is 38.5 Å². The number of hydrogen-bond donors (Lipinski definition) is 0. The third-order valence-electron chi connectivity index (χ3n) is 3.61. The first-order valence-corrected chi connectivity index (χ1v) is 7.19. The first-order valence-electron chi connectivity index (χ1n) is 6.76. The molecule has 1 aliphatic rings. The Labute approximate surface area is 108 Å². The van der Waals surface area contributed by atoms with Gasteiger partial charge in [0.05, 0.1) is 5.38 Å². The van der Waals surface area contributed by atoms with Gasteiger partial charge in [-0.05, 0) is 18.8 Å². The summed E-state index contributed by atoms with van der Waals surface area (Å²) >= 11 is 6.07. The van der Waals surface area contributed by atoms with Crippen molar-refractivity contribution in [3.8, 4) is 0 Å². The third kappa shape index (κ3) is 3.70. The summed E-state index contributed by atoms with van der Waals surface area (Å²) in [7, 11) is 0. The summed E-state index contributed by atoms with van der Waals surface area (Å²) in [4.78, 5) is 4.36. The van der Waals surface area contributed by atoms with Gasteiger partial charge in [-0.3, -0.25) is 0 Å². The van der Waals surface area contributed by atoms with Crippen LogP contribution in [0.15, 0.2) is 4.52 Å². The standard InChI is InChI=1S/C13H21ClN2O/c1-2-11(14)13-15-12(17-16-13)9-8-10-6-4-3-5-7-10/h10-11H,2-9H2,1H3. The number of aryl methyl sites for hydroxylation is 1. The molecular formula is C13H21ClN2O. The van der Waals surface area contributed by atoms with E-state index in [2.05, 4.69) is 10.1 Å². The van der Waals surface area contributed by atoms with Gasteiger partial charge in [0.15, 0.2) is 5.82 Å². The molecule has 0 N–H and O–H groups in total. The van der Waals surface area contributed by atoms with Crippen molar-refractivity contribution < 1.29 is 4.52 Å². The number of aromatic nitrogens is 2. The van der Waals surface area contributed by atoms with Crippen molar-refractivity contribution in [1.82, 2.24) is 10.1 Å². The molecule has 3 nitrogen and oxygen atoms in total. The van der Waals surface area contributed by atoms with Crippen LogP contribution in [-0.4, -0.2) is 10.1 Å². The summed E-state index contributed by atoms with van der Waals surface area (Å²) in [5.74, 6) is 2.26. The van der Waals surface area contributed by atoms with Crippen LogP contribution in [0.1, 0.15) is 69.0 Å². The van der Waals surface area contributed by atoms with Gasteiger partial charge in [0, 0.05) is 6.42 Å². The molecule has 1 saturated carbocycles. The van der Waals surface area contributed by atoms with Crippen LogP contribution < -0.4 is 0 Å². The van der Waals surface area contributed by atoms with E-state index in [-0.39, 0.29) is 5.38 Å². The predicted octanol–water partition coefficient (Wildman–Crippen LogP) is 4.27. The monoisotopic (exact) mass is 256 g/mol. The fourth-order valence-electron chi connectivity index (χ4n) is 2.48. The van der Waals surface area contributed by atoms with Crippen LogP contribution in [0.2, 0.25) is 0 Å². The second-order valence-electron chi connectivity index (χ2n) is 4.96. The number of hydrogen-bond acceptors (Lipinski definition) is 3. The normalized spacial score (nSPS) is 19.4. The van der Waals surface area contributed by atoms with Crippen LogP contribution in [0.25, 0.3) is 0 Å². The topological polar surface area (TPSA) is 38.9 Å². The summed E-state index contributed by atoms with van der Waals surface area (Å²) in [6.07, 6.45) is 9.85. The molecule has 1 aromatic rings. The van der Waals surface area contributed by atoms with Crippen molar-refractivity contribution in [2.24, 2.45) is 5.92 Å². The van der Waals surface area contributed by atoms with E-state index in [0.29, 0.717) is 5.82 Å². The minimum Gasteiger partial charge on any atom is -0.339 e. The summed E-state index contributed by atoms with van der Waals surface area (Å²) < 4.78 is 5.23. The van der Waals surface area contributed by atoms with Gasteiger partial charge in [0.2, 0.25) is 5.89 Å². The maximum atomic E-state index is 6.07. The van der Waals surface area contributed by atoms with Gasteiger partial charge in [-0.15, -0.1) is 11.6 Å². The minimum atomic E-state index is -0.109. The Balaban J connectivity index is 1.80. The molecule has 1 atom stereocenters. The van der Waals surface area contributed by atoms with Crippen LogP contribution in [0.4, 0.5) is 0 Å². The van der Waals surface area contributed by atoms with Crippen molar-refractivity contribution in [3.63, 3.8) is 0 Å². The SMILES string of the molecule is CCC(Cl)c1noc(CCC2CCCCC2)n1. The van der Waals surface area contributed by atoms with Gasteiger partial charge in [0.25, 0.3) is 0 Å². The van der Waals surface area contributed by atoms with Gasteiger partial charge < -0.3 is 4.52 Å². The van der Waals surface area contributed by atoms with Gasteiger partial charge in [-0.2, -0.15) is 4.98 Å². The largest absolute Gasteiger partial charge is 0.339 e. The molecule has 0 spiro atoms. The second kappa shape index (κ2) is 6.39. The van der Waals surface area contributed by atoms with Crippen molar-refractivity contribution in [1.29, 1.82) is 0 Å². The zero-order chi connectivity index (χ0) is 12.1. The number of halogens is 1. The Hall–Kier alpha value is -0.570. The van der Waals surface area contributed by atoms with Gasteiger partial charge >= 0.3 is 0 Å². The Morgan fingerprint density at radius 2 is 2.12 bits per heavy atom. The highest BCUT2D eigenvalue weighted by molar-refractivity contribution is 6.20. The smallest absolute Gasteiger partial charge is 0.226 e. The lowest BCUT2D eigenvalue weighted by Gasteiger charge is -2.20. The molecule has 0 saturated heterocycles. The molecule has 1 unspecified atom stereocenters. The molecule has 96 valence electrons.